The van der Waals surface area contributed by atoms with E-state index in [1.165, 1.54) is 0 Å². The van der Waals surface area contributed by atoms with E-state index in [1.54, 1.807) is 10.7 Å². The summed E-state index contributed by atoms with van der Waals surface area (Å²) in [6.45, 7) is -0.418. The summed E-state index contributed by atoms with van der Waals surface area (Å²) < 4.78 is 6.88. The smallest absolute Gasteiger partial charge is 0.359 e. The Bertz CT molecular complexity index is 1220. The van der Waals surface area contributed by atoms with Gasteiger partial charge in [-0.25, -0.2) is 9.48 Å². The van der Waals surface area contributed by atoms with Crippen LogP contribution in [-0.2, 0) is 9.53 Å². The molecule has 1 aliphatic carbocycles. The van der Waals surface area contributed by atoms with Crippen molar-refractivity contribution in [2.45, 2.75) is 18.8 Å². The van der Waals surface area contributed by atoms with Gasteiger partial charge in [-0.15, -0.1) is 0 Å². The van der Waals surface area contributed by atoms with Crippen LogP contribution in [-0.4, -0.2) is 38.5 Å². The molecule has 0 radical (unpaired) electrons. The van der Waals surface area contributed by atoms with Crippen LogP contribution in [0.25, 0.3) is 16.6 Å². The van der Waals surface area contributed by atoms with E-state index in [-0.39, 0.29) is 5.69 Å². The number of fused-ring (bicyclic) bond motifs is 1. The highest BCUT2D eigenvalue weighted by molar-refractivity contribution is 6.03. The topological polar surface area (TPSA) is 102 Å². The van der Waals surface area contributed by atoms with Crippen molar-refractivity contribution in [3.63, 3.8) is 0 Å². The van der Waals surface area contributed by atoms with Gasteiger partial charge >= 0.3 is 5.97 Å². The summed E-state index contributed by atoms with van der Waals surface area (Å²) in [5.74, 6) is -0.105. The number of ether oxygens (including phenoxy) is 1. The number of esters is 1. The molecule has 1 saturated carbocycles. The summed E-state index contributed by atoms with van der Waals surface area (Å²) in [6, 6.07) is 18.7. The number of aromatic nitrogens is 4. The second-order valence-corrected chi connectivity index (χ2v) is 7.22. The SMILES string of the molecule is O=C(COC(=O)c1n[nH]c2ccccc12)Nc1cc(C2CC2)nn1-c1ccccc1. The number of hydrogen-bond acceptors (Lipinski definition) is 5. The minimum atomic E-state index is -0.655. The Kier molecular flexibility index (Phi) is 4.51. The van der Waals surface area contributed by atoms with Gasteiger partial charge in [0.1, 0.15) is 5.82 Å². The molecule has 0 atom stereocenters. The zero-order valence-corrected chi connectivity index (χ0v) is 16.0. The predicted octanol–water partition coefficient (Wildman–Crippen LogP) is 3.42. The number of hydrogen-bond donors (Lipinski definition) is 2. The van der Waals surface area contributed by atoms with E-state index in [2.05, 4.69) is 20.6 Å². The number of anilines is 1. The number of para-hydroxylation sites is 2. The minimum Gasteiger partial charge on any atom is -0.451 e. The lowest BCUT2D eigenvalue weighted by Crippen LogP contribution is -2.22. The zero-order valence-electron chi connectivity index (χ0n) is 16.0. The summed E-state index contributed by atoms with van der Waals surface area (Å²) in [5.41, 5.74) is 2.69. The molecular formula is C22H19N5O3. The van der Waals surface area contributed by atoms with E-state index in [9.17, 15) is 9.59 Å². The normalized spacial score (nSPS) is 13.3. The van der Waals surface area contributed by atoms with Crippen molar-refractivity contribution in [1.29, 1.82) is 0 Å². The average Bonchev–Trinajstić information content (AvgIpc) is 3.40. The third-order valence-electron chi connectivity index (χ3n) is 4.99. The van der Waals surface area contributed by atoms with Crippen LogP contribution >= 0.6 is 0 Å². The zero-order chi connectivity index (χ0) is 20.5. The maximum absolute atomic E-state index is 12.5. The molecule has 0 saturated heterocycles. The first-order valence-corrected chi connectivity index (χ1v) is 9.74. The van der Waals surface area contributed by atoms with Crippen molar-refractivity contribution in [3.05, 3.63) is 72.1 Å². The van der Waals surface area contributed by atoms with Crippen molar-refractivity contribution in [3.8, 4) is 5.69 Å². The Labute approximate surface area is 171 Å². The van der Waals surface area contributed by atoms with Gasteiger partial charge in [-0.3, -0.25) is 9.89 Å². The number of nitrogens with one attached hydrogen (secondary N) is 2. The highest BCUT2D eigenvalue weighted by Crippen LogP contribution is 2.40. The lowest BCUT2D eigenvalue weighted by Gasteiger charge is -2.09. The van der Waals surface area contributed by atoms with Crippen molar-refractivity contribution in [1.82, 2.24) is 20.0 Å². The van der Waals surface area contributed by atoms with Crippen molar-refractivity contribution >= 4 is 28.6 Å². The Hall–Kier alpha value is -3.94. The Balaban J connectivity index is 1.29. The van der Waals surface area contributed by atoms with Crippen LogP contribution in [0.15, 0.2) is 60.7 Å². The second kappa shape index (κ2) is 7.47. The van der Waals surface area contributed by atoms with Crippen LogP contribution in [0.1, 0.15) is 34.9 Å². The number of carbonyl (C=O) groups is 2. The maximum atomic E-state index is 12.5. The first-order chi connectivity index (χ1) is 14.7. The highest BCUT2D eigenvalue weighted by Gasteiger charge is 2.28. The number of benzene rings is 2. The lowest BCUT2D eigenvalue weighted by molar-refractivity contribution is -0.119. The molecule has 30 heavy (non-hydrogen) atoms. The first-order valence-electron chi connectivity index (χ1n) is 9.74. The molecule has 5 rings (SSSR count). The van der Waals surface area contributed by atoms with Crippen LogP contribution in [0.4, 0.5) is 5.82 Å². The molecule has 2 aromatic carbocycles. The molecule has 0 unspecified atom stereocenters. The standard InChI is InChI=1S/C22H19N5O3/c28-20(13-30-22(29)21-16-8-4-5-9-17(16)24-25-21)23-19-12-18(14-10-11-14)26-27(19)15-6-2-1-3-7-15/h1-9,12,14H,10-11,13H2,(H,23,28)(H,24,25). The molecule has 1 fully saturated rings. The molecule has 4 aromatic rings. The van der Waals surface area contributed by atoms with E-state index in [0.29, 0.717) is 17.1 Å². The van der Waals surface area contributed by atoms with E-state index in [1.807, 2.05) is 54.6 Å². The molecule has 2 N–H and O–H groups in total. The highest BCUT2D eigenvalue weighted by atomic mass is 16.5. The van der Waals surface area contributed by atoms with Gasteiger partial charge in [0.05, 0.1) is 16.9 Å². The summed E-state index contributed by atoms with van der Waals surface area (Å²) in [5, 5.41) is 14.9. The minimum absolute atomic E-state index is 0.156. The van der Waals surface area contributed by atoms with Gasteiger partial charge < -0.3 is 10.1 Å². The fourth-order valence-electron chi connectivity index (χ4n) is 3.33. The number of H-pyrrole nitrogens is 1. The van der Waals surface area contributed by atoms with Gasteiger partial charge in [0, 0.05) is 17.4 Å². The van der Waals surface area contributed by atoms with E-state index >= 15 is 0 Å². The average molecular weight is 401 g/mol. The third kappa shape index (κ3) is 3.55. The molecular weight excluding hydrogens is 382 g/mol. The van der Waals surface area contributed by atoms with E-state index in [4.69, 9.17) is 4.74 Å². The van der Waals surface area contributed by atoms with Crippen LogP contribution in [0.5, 0.6) is 0 Å². The van der Waals surface area contributed by atoms with Crippen molar-refractivity contribution < 1.29 is 14.3 Å². The number of nitrogens with zero attached hydrogens (tertiary/aromatic N) is 3. The van der Waals surface area contributed by atoms with Crippen molar-refractivity contribution in [2.75, 3.05) is 11.9 Å². The van der Waals surface area contributed by atoms with Gasteiger partial charge in [-0.2, -0.15) is 10.2 Å². The molecule has 0 aliphatic heterocycles. The Morgan fingerprint density at radius 3 is 2.67 bits per heavy atom. The van der Waals surface area contributed by atoms with Gasteiger partial charge in [0.2, 0.25) is 0 Å². The summed E-state index contributed by atoms with van der Waals surface area (Å²) in [4.78, 5) is 24.8. The number of amides is 1. The van der Waals surface area contributed by atoms with Gasteiger partial charge in [-0.05, 0) is 31.0 Å². The van der Waals surface area contributed by atoms with Gasteiger partial charge in [0.25, 0.3) is 5.91 Å². The van der Waals surface area contributed by atoms with Crippen LogP contribution in [0, 0.1) is 0 Å². The quantitative estimate of drug-likeness (QED) is 0.482. The second-order valence-electron chi connectivity index (χ2n) is 7.22. The van der Waals surface area contributed by atoms with E-state index < -0.39 is 18.5 Å². The van der Waals surface area contributed by atoms with Gasteiger partial charge in [0.15, 0.2) is 12.3 Å². The number of carbonyl (C=O) groups excluding carboxylic acids is 2. The maximum Gasteiger partial charge on any atom is 0.359 e. The van der Waals surface area contributed by atoms with Gasteiger partial charge in [-0.1, -0.05) is 36.4 Å². The largest absolute Gasteiger partial charge is 0.451 e. The molecule has 1 amide bonds. The molecule has 0 bridgehead atoms. The molecule has 8 heteroatoms. The Morgan fingerprint density at radius 1 is 1.10 bits per heavy atom. The molecule has 150 valence electrons. The monoisotopic (exact) mass is 401 g/mol. The fraction of sp³-hybridized carbons (Fsp3) is 0.182. The molecule has 0 spiro atoms. The number of aromatic amines is 1. The third-order valence-corrected chi connectivity index (χ3v) is 4.99. The number of rotatable bonds is 6. The van der Waals surface area contributed by atoms with Crippen LogP contribution in [0.3, 0.4) is 0 Å². The summed E-state index contributed by atoms with van der Waals surface area (Å²) in [6.07, 6.45) is 2.21. The van der Waals surface area contributed by atoms with Crippen molar-refractivity contribution in [2.24, 2.45) is 0 Å². The lowest BCUT2D eigenvalue weighted by atomic mass is 10.2. The first kappa shape index (κ1) is 18.1. The molecule has 2 heterocycles. The summed E-state index contributed by atoms with van der Waals surface area (Å²) in [7, 11) is 0. The fourth-order valence-corrected chi connectivity index (χ4v) is 3.33. The molecule has 8 nitrogen and oxygen atoms in total. The molecule has 2 aromatic heterocycles. The summed E-state index contributed by atoms with van der Waals surface area (Å²) >= 11 is 0. The van der Waals surface area contributed by atoms with Crippen LogP contribution < -0.4 is 5.32 Å². The predicted molar refractivity (Wildman–Crippen MR) is 111 cm³/mol. The Morgan fingerprint density at radius 2 is 1.87 bits per heavy atom. The molecule has 1 aliphatic rings. The van der Waals surface area contributed by atoms with Crippen LogP contribution in [0.2, 0.25) is 0 Å². The van der Waals surface area contributed by atoms with E-state index in [0.717, 1.165) is 29.7 Å².